The Morgan fingerprint density at radius 1 is 1.00 bits per heavy atom. The van der Waals surface area contributed by atoms with Gasteiger partial charge in [0.1, 0.15) is 11.5 Å². The fourth-order valence-electron chi connectivity index (χ4n) is 3.54. The summed E-state index contributed by atoms with van der Waals surface area (Å²) in [7, 11) is 0. The third-order valence-electron chi connectivity index (χ3n) is 5.05. The molecular weight excluding hydrogens is 364 g/mol. The summed E-state index contributed by atoms with van der Waals surface area (Å²) in [5, 5.41) is 1.18. The van der Waals surface area contributed by atoms with E-state index >= 15 is 0 Å². The summed E-state index contributed by atoms with van der Waals surface area (Å²) < 4.78 is 5.54. The fourth-order valence-corrected chi connectivity index (χ4v) is 3.54. The number of nitrogens with one attached hydrogen (secondary N) is 1. The van der Waals surface area contributed by atoms with Crippen molar-refractivity contribution in [3.8, 4) is 0 Å². The Morgan fingerprint density at radius 2 is 1.59 bits per heavy atom. The molecule has 0 radical (unpaired) electrons. The zero-order chi connectivity index (χ0) is 21.9. The second-order valence-electron chi connectivity index (χ2n) is 8.99. The number of hydrogen-bond acceptors (Lipinski definition) is 4. The summed E-state index contributed by atoms with van der Waals surface area (Å²) in [5.74, 6) is 0.403. The first-order valence-corrected chi connectivity index (χ1v) is 10.2. The van der Waals surface area contributed by atoms with Crippen molar-refractivity contribution in [3.05, 3.63) is 58.0 Å². The average molecular weight is 399 g/mol. The summed E-state index contributed by atoms with van der Waals surface area (Å²) in [6.45, 7) is 15.9. The van der Waals surface area contributed by atoms with E-state index in [0.29, 0.717) is 22.6 Å². The fraction of sp³-hybridized carbons (Fsp3) is 0.500. The van der Waals surface area contributed by atoms with E-state index in [1.165, 1.54) is 5.01 Å². The van der Waals surface area contributed by atoms with Gasteiger partial charge >= 0.3 is 0 Å². The van der Waals surface area contributed by atoms with E-state index in [0.717, 1.165) is 24.0 Å². The number of amides is 2. The van der Waals surface area contributed by atoms with E-state index in [1.54, 1.807) is 19.9 Å². The standard InChI is InChI=1S/C24H34N2O3/c1-9-10-21(24(6,7)8)25-26(23(28)20-14-17(4)29-18(20)5)22(27)19-12-15(2)11-16(3)13-19/h11-14,21,25H,9-10H2,1-8H3/t21-/m0/s1. The Bertz CT molecular complexity index is 870. The molecule has 1 aromatic heterocycles. The molecule has 0 bridgehead atoms. The molecule has 29 heavy (non-hydrogen) atoms. The number of nitrogens with zero attached hydrogens (tertiary/aromatic N) is 1. The molecule has 2 aromatic rings. The first kappa shape index (κ1) is 22.9. The molecular formula is C24H34N2O3. The molecule has 1 atom stereocenters. The van der Waals surface area contributed by atoms with Crippen LogP contribution in [0.2, 0.25) is 0 Å². The van der Waals surface area contributed by atoms with E-state index < -0.39 is 5.91 Å². The molecule has 1 aromatic carbocycles. The van der Waals surface area contributed by atoms with E-state index in [1.807, 2.05) is 32.0 Å². The van der Waals surface area contributed by atoms with Crippen molar-refractivity contribution in [1.82, 2.24) is 10.4 Å². The molecule has 1 N–H and O–H groups in total. The second-order valence-corrected chi connectivity index (χ2v) is 8.99. The molecule has 1 heterocycles. The van der Waals surface area contributed by atoms with Gasteiger partial charge in [0, 0.05) is 11.6 Å². The van der Waals surface area contributed by atoms with Crippen LogP contribution >= 0.6 is 0 Å². The van der Waals surface area contributed by atoms with Crippen molar-refractivity contribution in [2.75, 3.05) is 0 Å². The van der Waals surface area contributed by atoms with Crippen LogP contribution in [0.4, 0.5) is 0 Å². The highest BCUT2D eigenvalue weighted by atomic mass is 16.3. The van der Waals surface area contributed by atoms with Crippen LogP contribution in [0.5, 0.6) is 0 Å². The van der Waals surface area contributed by atoms with Crippen molar-refractivity contribution in [1.29, 1.82) is 0 Å². The molecule has 0 aliphatic heterocycles. The van der Waals surface area contributed by atoms with Crippen LogP contribution in [0.25, 0.3) is 0 Å². The van der Waals surface area contributed by atoms with E-state index in [2.05, 4.69) is 33.1 Å². The molecule has 0 spiro atoms. The zero-order valence-corrected chi connectivity index (χ0v) is 19.0. The minimum absolute atomic E-state index is 0.0420. The van der Waals surface area contributed by atoms with Gasteiger partial charge in [-0.3, -0.25) is 9.59 Å². The topological polar surface area (TPSA) is 62.6 Å². The van der Waals surface area contributed by atoms with Gasteiger partial charge in [-0.15, -0.1) is 0 Å². The van der Waals surface area contributed by atoms with Gasteiger partial charge in [-0.25, -0.2) is 10.4 Å². The van der Waals surface area contributed by atoms with Crippen LogP contribution in [0, 0.1) is 33.1 Å². The molecule has 5 heteroatoms. The van der Waals surface area contributed by atoms with Crippen LogP contribution in [0.3, 0.4) is 0 Å². The highest BCUT2D eigenvalue weighted by molar-refractivity contribution is 6.10. The normalized spacial score (nSPS) is 12.7. The average Bonchev–Trinajstić information content (AvgIpc) is 2.94. The van der Waals surface area contributed by atoms with Gasteiger partial charge in [0.05, 0.1) is 5.56 Å². The van der Waals surface area contributed by atoms with Gasteiger partial charge < -0.3 is 4.42 Å². The maximum Gasteiger partial charge on any atom is 0.278 e. The van der Waals surface area contributed by atoms with Crippen LogP contribution in [-0.4, -0.2) is 22.9 Å². The summed E-state index contributed by atoms with van der Waals surface area (Å²) in [6.07, 6.45) is 1.79. The van der Waals surface area contributed by atoms with Gasteiger partial charge in [0.25, 0.3) is 11.8 Å². The van der Waals surface area contributed by atoms with Gasteiger partial charge in [-0.05, 0) is 57.7 Å². The zero-order valence-electron chi connectivity index (χ0n) is 19.0. The molecule has 0 aliphatic carbocycles. The highest BCUT2D eigenvalue weighted by Crippen LogP contribution is 2.25. The van der Waals surface area contributed by atoms with Gasteiger partial charge in [0.2, 0.25) is 0 Å². The monoisotopic (exact) mass is 398 g/mol. The first-order chi connectivity index (χ1) is 13.4. The Morgan fingerprint density at radius 3 is 2.03 bits per heavy atom. The number of aryl methyl sites for hydroxylation is 4. The van der Waals surface area contributed by atoms with Crippen molar-refractivity contribution in [2.24, 2.45) is 5.41 Å². The van der Waals surface area contributed by atoms with Crippen LogP contribution < -0.4 is 5.43 Å². The van der Waals surface area contributed by atoms with Crippen molar-refractivity contribution in [3.63, 3.8) is 0 Å². The molecule has 5 nitrogen and oxygen atoms in total. The molecule has 0 aliphatic rings. The number of hydrazine groups is 1. The third-order valence-corrected chi connectivity index (χ3v) is 5.05. The number of rotatable bonds is 6. The first-order valence-electron chi connectivity index (χ1n) is 10.2. The summed E-state index contributed by atoms with van der Waals surface area (Å²) in [5.41, 5.74) is 5.99. The molecule has 2 rings (SSSR count). The summed E-state index contributed by atoms with van der Waals surface area (Å²) in [4.78, 5) is 26.9. The third kappa shape index (κ3) is 5.57. The van der Waals surface area contributed by atoms with Crippen molar-refractivity contribution in [2.45, 2.75) is 74.3 Å². The molecule has 0 fully saturated rings. The lowest BCUT2D eigenvalue weighted by atomic mass is 9.84. The van der Waals surface area contributed by atoms with Crippen LogP contribution in [0.15, 0.2) is 28.7 Å². The largest absolute Gasteiger partial charge is 0.466 e. The molecule has 158 valence electrons. The van der Waals surface area contributed by atoms with E-state index in [9.17, 15) is 9.59 Å². The SMILES string of the molecule is CCC[C@H](NN(C(=O)c1cc(C)cc(C)c1)C(=O)c1cc(C)oc1C)C(C)(C)C. The van der Waals surface area contributed by atoms with Gasteiger partial charge in [-0.1, -0.05) is 51.3 Å². The number of carbonyl (C=O) groups is 2. The number of hydrogen-bond donors (Lipinski definition) is 1. The Labute approximate surface area is 174 Å². The predicted molar refractivity (Wildman–Crippen MR) is 116 cm³/mol. The predicted octanol–water partition coefficient (Wildman–Crippen LogP) is 5.52. The lowest BCUT2D eigenvalue weighted by Gasteiger charge is -2.35. The maximum absolute atomic E-state index is 13.5. The molecule has 0 saturated carbocycles. The lowest BCUT2D eigenvalue weighted by molar-refractivity contribution is 0.0424. The van der Waals surface area contributed by atoms with E-state index in [4.69, 9.17) is 4.42 Å². The number of furan rings is 1. The minimum Gasteiger partial charge on any atom is -0.466 e. The molecule has 2 amide bonds. The number of benzene rings is 1. The number of carbonyl (C=O) groups excluding carboxylic acids is 2. The van der Waals surface area contributed by atoms with E-state index in [-0.39, 0.29) is 17.4 Å². The second kappa shape index (κ2) is 8.95. The summed E-state index contributed by atoms with van der Waals surface area (Å²) in [6, 6.07) is 7.29. The van der Waals surface area contributed by atoms with Crippen LogP contribution in [-0.2, 0) is 0 Å². The van der Waals surface area contributed by atoms with Gasteiger partial charge in [0.15, 0.2) is 0 Å². The Balaban J connectivity index is 2.50. The smallest absolute Gasteiger partial charge is 0.278 e. The lowest BCUT2D eigenvalue weighted by Crippen LogP contribution is -2.55. The van der Waals surface area contributed by atoms with Crippen LogP contribution in [0.1, 0.15) is 83.9 Å². The number of imide groups is 1. The van der Waals surface area contributed by atoms with Gasteiger partial charge in [-0.2, -0.15) is 0 Å². The van der Waals surface area contributed by atoms with Crippen molar-refractivity contribution < 1.29 is 14.0 Å². The molecule has 0 saturated heterocycles. The minimum atomic E-state index is -0.395. The maximum atomic E-state index is 13.5. The highest BCUT2D eigenvalue weighted by Gasteiger charge is 2.33. The quantitative estimate of drug-likeness (QED) is 0.514. The molecule has 0 unspecified atom stereocenters. The Hall–Kier alpha value is -2.40. The summed E-state index contributed by atoms with van der Waals surface area (Å²) >= 11 is 0. The Kier molecular flexibility index (Phi) is 7.06. The van der Waals surface area contributed by atoms with Crippen molar-refractivity contribution >= 4 is 11.8 Å².